The lowest BCUT2D eigenvalue weighted by atomic mass is 10.1. The van der Waals surface area contributed by atoms with Crippen molar-refractivity contribution in [3.05, 3.63) is 59.4 Å². The Balaban J connectivity index is 1.55. The molecule has 1 aliphatic rings. The first-order valence-electron chi connectivity index (χ1n) is 11.0. The van der Waals surface area contributed by atoms with E-state index in [1.165, 1.54) is 11.1 Å². The molecule has 1 fully saturated rings. The standard InChI is InChI=1S/C25H31N3O2/c1-4-5-13-27-17-20(16-24(27)29)25-26-21-10-6-7-11-22(21)28(25)14-15-30-23-12-8-9-18(2)19(23)3/h6-12,20H,4-5,13-17H2,1-3H3. The summed E-state index contributed by atoms with van der Waals surface area (Å²) < 4.78 is 8.38. The van der Waals surface area contributed by atoms with Crippen LogP contribution in [0.3, 0.4) is 0 Å². The van der Waals surface area contributed by atoms with Crippen molar-refractivity contribution < 1.29 is 9.53 Å². The maximum atomic E-state index is 12.5. The molecule has 0 saturated carbocycles. The SMILES string of the molecule is CCCCN1CC(c2nc3ccccc3n2CCOc2cccc(C)c2C)CC1=O. The number of imidazole rings is 1. The Bertz CT molecular complexity index is 1040. The van der Waals surface area contributed by atoms with E-state index in [-0.39, 0.29) is 11.8 Å². The van der Waals surface area contributed by atoms with Crippen LogP contribution in [0.2, 0.25) is 0 Å². The molecule has 4 rings (SSSR count). The predicted molar refractivity (Wildman–Crippen MR) is 120 cm³/mol. The number of rotatable bonds is 8. The van der Waals surface area contributed by atoms with Gasteiger partial charge in [0.1, 0.15) is 18.2 Å². The zero-order valence-corrected chi connectivity index (χ0v) is 18.2. The van der Waals surface area contributed by atoms with Gasteiger partial charge in [-0.05, 0) is 49.6 Å². The van der Waals surface area contributed by atoms with Crippen molar-refractivity contribution in [3.63, 3.8) is 0 Å². The molecule has 1 aliphatic heterocycles. The van der Waals surface area contributed by atoms with Crippen molar-refractivity contribution in [2.75, 3.05) is 19.7 Å². The van der Waals surface area contributed by atoms with E-state index in [1.54, 1.807) is 0 Å². The number of aryl methyl sites for hydroxylation is 1. The molecule has 0 spiro atoms. The van der Waals surface area contributed by atoms with Gasteiger partial charge in [0.15, 0.2) is 0 Å². The lowest BCUT2D eigenvalue weighted by Crippen LogP contribution is -2.26. The van der Waals surface area contributed by atoms with Gasteiger partial charge in [0, 0.05) is 25.4 Å². The Morgan fingerprint density at radius 3 is 2.77 bits per heavy atom. The highest BCUT2D eigenvalue weighted by atomic mass is 16.5. The summed E-state index contributed by atoms with van der Waals surface area (Å²) in [6.07, 6.45) is 2.70. The van der Waals surface area contributed by atoms with Crippen LogP contribution in [0.25, 0.3) is 11.0 Å². The summed E-state index contributed by atoms with van der Waals surface area (Å²) in [6.45, 7) is 9.25. The summed E-state index contributed by atoms with van der Waals surface area (Å²) in [7, 11) is 0. The van der Waals surface area contributed by atoms with Gasteiger partial charge in [0.05, 0.1) is 17.6 Å². The average Bonchev–Trinajstić information content (AvgIpc) is 3.30. The molecule has 1 atom stereocenters. The monoisotopic (exact) mass is 405 g/mol. The minimum atomic E-state index is 0.141. The van der Waals surface area contributed by atoms with Gasteiger partial charge in [-0.15, -0.1) is 0 Å². The largest absolute Gasteiger partial charge is 0.491 e. The van der Waals surface area contributed by atoms with E-state index in [0.29, 0.717) is 19.6 Å². The first-order valence-corrected chi connectivity index (χ1v) is 11.0. The fraction of sp³-hybridized carbons (Fsp3) is 0.440. The molecule has 0 radical (unpaired) electrons. The molecule has 1 amide bonds. The number of carbonyl (C=O) groups is 1. The number of hydrogen-bond donors (Lipinski definition) is 0. The molecule has 1 aromatic heterocycles. The number of hydrogen-bond acceptors (Lipinski definition) is 3. The molecule has 5 heteroatoms. The lowest BCUT2D eigenvalue weighted by molar-refractivity contribution is -0.127. The molecule has 2 aromatic carbocycles. The second-order valence-electron chi connectivity index (χ2n) is 8.25. The van der Waals surface area contributed by atoms with E-state index in [9.17, 15) is 4.79 Å². The average molecular weight is 406 g/mol. The lowest BCUT2D eigenvalue weighted by Gasteiger charge is -2.17. The number of nitrogens with zero attached hydrogens (tertiary/aromatic N) is 3. The molecule has 30 heavy (non-hydrogen) atoms. The number of carbonyl (C=O) groups excluding carboxylic acids is 1. The van der Waals surface area contributed by atoms with Crippen LogP contribution >= 0.6 is 0 Å². The van der Waals surface area contributed by atoms with Crippen molar-refractivity contribution in [1.29, 1.82) is 0 Å². The van der Waals surface area contributed by atoms with Crippen molar-refractivity contribution in [2.45, 2.75) is 52.5 Å². The summed E-state index contributed by atoms with van der Waals surface area (Å²) in [5.41, 5.74) is 4.51. The van der Waals surface area contributed by atoms with E-state index in [4.69, 9.17) is 9.72 Å². The second-order valence-corrected chi connectivity index (χ2v) is 8.25. The van der Waals surface area contributed by atoms with Gasteiger partial charge in [-0.25, -0.2) is 4.98 Å². The summed E-state index contributed by atoms with van der Waals surface area (Å²) in [5.74, 6) is 2.33. The zero-order valence-electron chi connectivity index (χ0n) is 18.2. The van der Waals surface area contributed by atoms with E-state index in [1.807, 2.05) is 35.2 Å². The number of amides is 1. The van der Waals surface area contributed by atoms with Gasteiger partial charge in [-0.3, -0.25) is 4.79 Å². The van der Waals surface area contributed by atoms with Gasteiger partial charge >= 0.3 is 0 Å². The first kappa shape index (κ1) is 20.5. The number of ether oxygens (including phenoxy) is 1. The van der Waals surface area contributed by atoms with Crippen LogP contribution in [0, 0.1) is 13.8 Å². The highest BCUT2D eigenvalue weighted by molar-refractivity contribution is 5.80. The number of benzene rings is 2. The molecule has 0 aliphatic carbocycles. The van der Waals surface area contributed by atoms with Crippen molar-refractivity contribution in [1.82, 2.24) is 14.5 Å². The number of aromatic nitrogens is 2. The van der Waals surface area contributed by atoms with Gasteiger partial charge in [0.2, 0.25) is 5.91 Å². The maximum Gasteiger partial charge on any atom is 0.223 e. The van der Waals surface area contributed by atoms with E-state index < -0.39 is 0 Å². The smallest absolute Gasteiger partial charge is 0.223 e. The number of likely N-dealkylation sites (tertiary alicyclic amines) is 1. The maximum absolute atomic E-state index is 12.5. The highest BCUT2D eigenvalue weighted by Gasteiger charge is 2.33. The molecule has 5 nitrogen and oxygen atoms in total. The first-order chi connectivity index (χ1) is 14.6. The van der Waals surface area contributed by atoms with Gasteiger partial charge < -0.3 is 14.2 Å². The Hall–Kier alpha value is -2.82. The normalized spacial score (nSPS) is 16.6. The minimum Gasteiger partial charge on any atom is -0.491 e. The van der Waals surface area contributed by atoms with Crippen LogP contribution in [-0.2, 0) is 11.3 Å². The molecule has 0 bridgehead atoms. The molecule has 158 valence electrons. The van der Waals surface area contributed by atoms with Crippen LogP contribution in [0.1, 0.15) is 49.1 Å². The molecular formula is C25H31N3O2. The van der Waals surface area contributed by atoms with E-state index in [0.717, 1.165) is 48.5 Å². The van der Waals surface area contributed by atoms with E-state index in [2.05, 4.69) is 37.5 Å². The molecular weight excluding hydrogens is 374 g/mol. The van der Waals surface area contributed by atoms with Gasteiger partial charge in [-0.2, -0.15) is 0 Å². The Morgan fingerprint density at radius 2 is 1.93 bits per heavy atom. The second kappa shape index (κ2) is 8.90. The zero-order chi connectivity index (χ0) is 21.1. The summed E-state index contributed by atoms with van der Waals surface area (Å²) in [5, 5.41) is 0. The number of para-hydroxylation sites is 2. The number of fused-ring (bicyclic) bond motifs is 1. The van der Waals surface area contributed by atoms with Crippen LogP contribution in [0.4, 0.5) is 0 Å². The molecule has 0 N–H and O–H groups in total. The molecule has 1 saturated heterocycles. The topological polar surface area (TPSA) is 47.4 Å². The molecule has 1 unspecified atom stereocenters. The van der Waals surface area contributed by atoms with Crippen LogP contribution < -0.4 is 4.74 Å². The quantitative estimate of drug-likeness (QED) is 0.538. The summed E-state index contributed by atoms with van der Waals surface area (Å²) in [4.78, 5) is 19.5. The Morgan fingerprint density at radius 1 is 1.10 bits per heavy atom. The van der Waals surface area contributed by atoms with Crippen molar-refractivity contribution in [3.8, 4) is 5.75 Å². The third kappa shape index (κ3) is 4.07. The van der Waals surface area contributed by atoms with Crippen LogP contribution in [-0.4, -0.2) is 40.1 Å². The predicted octanol–water partition coefficient (Wildman–Crippen LogP) is 4.85. The third-order valence-electron chi connectivity index (χ3n) is 6.17. The minimum absolute atomic E-state index is 0.141. The third-order valence-corrected chi connectivity index (χ3v) is 6.17. The highest BCUT2D eigenvalue weighted by Crippen LogP contribution is 2.30. The van der Waals surface area contributed by atoms with Crippen LogP contribution in [0.5, 0.6) is 5.75 Å². The molecule has 2 heterocycles. The Kier molecular flexibility index (Phi) is 6.07. The van der Waals surface area contributed by atoms with Crippen LogP contribution in [0.15, 0.2) is 42.5 Å². The number of unbranched alkanes of at least 4 members (excludes halogenated alkanes) is 1. The van der Waals surface area contributed by atoms with Gasteiger partial charge in [0.25, 0.3) is 0 Å². The molecule has 3 aromatic rings. The summed E-state index contributed by atoms with van der Waals surface area (Å²) >= 11 is 0. The van der Waals surface area contributed by atoms with Crippen molar-refractivity contribution >= 4 is 16.9 Å². The van der Waals surface area contributed by atoms with Gasteiger partial charge in [-0.1, -0.05) is 37.6 Å². The fourth-order valence-corrected chi connectivity index (χ4v) is 4.28. The Labute approximate surface area is 178 Å². The van der Waals surface area contributed by atoms with E-state index >= 15 is 0 Å². The summed E-state index contributed by atoms with van der Waals surface area (Å²) in [6, 6.07) is 14.4. The fourth-order valence-electron chi connectivity index (χ4n) is 4.28. The van der Waals surface area contributed by atoms with Crippen molar-refractivity contribution in [2.24, 2.45) is 0 Å².